The van der Waals surface area contributed by atoms with E-state index in [-0.39, 0.29) is 0 Å². The van der Waals surface area contributed by atoms with Crippen LogP contribution < -0.4 is 0 Å². The topological polar surface area (TPSA) is 20.2 Å². The predicted octanol–water partition coefficient (Wildman–Crippen LogP) is 4.06. The smallest absolute Gasteiger partial charge is 0.127 e. The van der Waals surface area contributed by atoms with Gasteiger partial charge in [-0.1, -0.05) is 28.9 Å². The summed E-state index contributed by atoms with van der Waals surface area (Å²) in [6, 6.07) is 6.15. The zero-order valence-corrected chi connectivity index (χ0v) is 10.3. The average Bonchev–Trinajstić information content (AvgIpc) is 2.62. The highest BCUT2D eigenvalue weighted by molar-refractivity contribution is 9.08. The first-order valence-corrected chi connectivity index (χ1v) is 6.49. The van der Waals surface area contributed by atoms with Gasteiger partial charge in [0, 0.05) is 20.3 Å². The number of halogens is 1. The number of aryl methyl sites for hydroxylation is 1. The normalized spacial score (nSPS) is 11.0. The lowest BCUT2D eigenvalue weighted by molar-refractivity contribution is 0.475. The van der Waals surface area contributed by atoms with Gasteiger partial charge >= 0.3 is 0 Å². The highest BCUT2D eigenvalue weighted by Gasteiger charge is 2.08. The lowest BCUT2D eigenvalue weighted by Gasteiger charge is -2.01. The first-order chi connectivity index (χ1) is 6.76. The fourth-order valence-electron chi connectivity index (χ4n) is 1.55. The summed E-state index contributed by atoms with van der Waals surface area (Å²) in [5.41, 5.74) is 1.02. The van der Waals surface area contributed by atoms with E-state index in [0.29, 0.717) is 5.75 Å². The van der Waals surface area contributed by atoms with Crippen LogP contribution in [0.5, 0.6) is 5.75 Å². The summed E-state index contributed by atoms with van der Waals surface area (Å²) in [5, 5.41) is 11.8. The number of hydrogen-bond acceptors (Lipinski definition) is 2. The van der Waals surface area contributed by atoms with Crippen molar-refractivity contribution in [3.05, 3.63) is 28.6 Å². The van der Waals surface area contributed by atoms with Gasteiger partial charge in [-0.15, -0.1) is 11.3 Å². The van der Waals surface area contributed by atoms with E-state index >= 15 is 0 Å². The zero-order valence-electron chi connectivity index (χ0n) is 7.88. The molecule has 0 aliphatic rings. The molecule has 0 saturated heterocycles. The Morgan fingerprint density at radius 1 is 1.43 bits per heavy atom. The molecule has 1 aromatic heterocycles. The number of alkyl halides is 1. The Balaban J connectivity index is 2.68. The van der Waals surface area contributed by atoms with Crippen molar-refractivity contribution in [3.63, 3.8) is 0 Å². The third-order valence-corrected chi connectivity index (χ3v) is 4.40. The number of fused-ring (bicyclic) bond motifs is 1. The molecule has 0 saturated carbocycles. The van der Waals surface area contributed by atoms with Gasteiger partial charge in [0.25, 0.3) is 0 Å². The van der Waals surface area contributed by atoms with Crippen LogP contribution in [0, 0.1) is 0 Å². The third-order valence-electron chi connectivity index (χ3n) is 2.32. The Morgan fingerprint density at radius 3 is 2.86 bits per heavy atom. The van der Waals surface area contributed by atoms with Gasteiger partial charge in [-0.3, -0.25) is 0 Å². The van der Waals surface area contributed by atoms with E-state index in [4.69, 9.17) is 0 Å². The van der Waals surface area contributed by atoms with E-state index in [1.807, 2.05) is 6.07 Å². The predicted molar refractivity (Wildman–Crippen MR) is 65.5 cm³/mol. The summed E-state index contributed by atoms with van der Waals surface area (Å²) in [5.74, 6) is 0.452. The Morgan fingerprint density at radius 2 is 2.21 bits per heavy atom. The van der Waals surface area contributed by atoms with Crippen molar-refractivity contribution in [3.8, 4) is 5.75 Å². The molecule has 1 N–H and O–H groups in total. The SMILES string of the molecule is CCc1ccc2sc(CBr)cc2c1O. The molecule has 0 amide bonds. The maximum absolute atomic E-state index is 9.95. The summed E-state index contributed by atoms with van der Waals surface area (Å²) >= 11 is 5.15. The van der Waals surface area contributed by atoms with Crippen LogP contribution in [0.2, 0.25) is 0 Å². The van der Waals surface area contributed by atoms with Crippen molar-refractivity contribution >= 4 is 37.4 Å². The third kappa shape index (κ3) is 1.55. The minimum Gasteiger partial charge on any atom is -0.507 e. The number of benzene rings is 1. The fraction of sp³-hybridized carbons (Fsp3) is 0.273. The molecule has 0 bridgehead atoms. The highest BCUT2D eigenvalue weighted by atomic mass is 79.9. The number of phenolic OH excluding ortho intramolecular Hbond substituents is 1. The zero-order chi connectivity index (χ0) is 10.1. The van der Waals surface area contributed by atoms with Gasteiger partial charge < -0.3 is 5.11 Å². The number of phenols is 1. The van der Waals surface area contributed by atoms with Crippen molar-refractivity contribution in [1.29, 1.82) is 0 Å². The Labute approximate surface area is 95.5 Å². The number of rotatable bonds is 2. The molecule has 74 valence electrons. The van der Waals surface area contributed by atoms with Gasteiger partial charge in [0.05, 0.1) is 0 Å². The second kappa shape index (κ2) is 3.91. The molecule has 1 nitrogen and oxygen atoms in total. The highest BCUT2D eigenvalue weighted by Crippen LogP contribution is 2.35. The first kappa shape index (κ1) is 9.99. The first-order valence-electron chi connectivity index (χ1n) is 4.55. The van der Waals surface area contributed by atoms with E-state index < -0.39 is 0 Å². The van der Waals surface area contributed by atoms with Gasteiger partial charge in [-0.25, -0.2) is 0 Å². The summed E-state index contributed by atoms with van der Waals surface area (Å²) in [7, 11) is 0. The molecule has 14 heavy (non-hydrogen) atoms. The molecule has 0 unspecified atom stereocenters. The lowest BCUT2D eigenvalue weighted by Crippen LogP contribution is -1.80. The van der Waals surface area contributed by atoms with Gasteiger partial charge in [-0.2, -0.15) is 0 Å². The number of thiophene rings is 1. The second-order valence-electron chi connectivity index (χ2n) is 3.19. The molecule has 0 aliphatic heterocycles. The largest absolute Gasteiger partial charge is 0.507 e. The molecular formula is C11H11BrOS. The van der Waals surface area contributed by atoms with Crippen LogP contribution in [0.1, 0.15) is 17.4 Å². The molecule has 3 heteroatoms. The summed E-state index contributed by atoms with van der Waals surface area (Å²) < 4.78 is 1.16. The van der Waals surface area contributed by atoms with Crippen molar-refractivity contribution in [2.75, 3.05) is 0 Å². The van der Waals surface area contributed by atoms with Crippen LogP contribution in [0.25, 0.3) is 10.1 Å². The van der Waals surface area contributed by atoms with Crippen molar-refractivity contribution in [1.82, 2.24) is 0 Å². The van der Waals surface area contributed by atoms with Crippen molar-refractivity contribution in [2.24, 2.45) is 0 Å². The minimum atomic E-state index is 0.452. The van der Waals surface area contributed by atoms with Gasteiger partial charge in [-0.05, 0) is 24.1 Å². The Kier molecular flexibility index (Phi) is 2.79. The molecule has 0 aliphatic carbocycles. The quantitative estimate of drug-likeness (QED) is 0.816. The molecule has 0 atom stereocenters. The maximum atomic E-state index is 9.95. The number of hydrogen-bond donors (Lipinski definition) is 1. The summed E-state index contributed by atoms with van der Waals surface area (Å²) in [6.07, 6.45) is 0.876. The van der Waals surface area contributed by atoms with Gasteiger partial charge in [0.1, 0.15) is 5.75 Å². The minimum absolute atomic E-state index is 0.452. The van der Waals surface area contributed by atoms with Crippen molar-refractivity contribution < 1.29 is 5.11 Å². The van der Waals surface area contributed by atoms with E-state index in [2.05, 4.69) is 35.0 Å². The van der Waals surface area contributed by atoms with E-state index in [0.717, 1.165) is 27.4 Å². The van der Waals surface area contributed by atoms with Crippen LogP contribution in [0.4, 0.5) is 0 Å². The standard InChI is InChI=1S/C11H11BrOS/c1-2-7-3-4-10-9(11(7)13)5-8(6-12)14-10/h3-5,13H,2,6H2,1H3. The van der Waals surface area contributed by atoms with Crippen LogP contribution >= 0.6 is 27.3 Å². The fourth-order valence-corrected chi connectivity index (χ4v) is 2.97. The summed E-state index contributed by atoms with van der Waals surface area (Å²) in [6.45, 7) is 2.05. The molecule has 0 spiro atoms. The Bertz CT molecular complexity index is 462. The van der Waals surface area contributed by atoms with E-state index in [1.165, 1.54) is 4.88 Å². The lowest BCUT2D eigenvalue weighted by atomic mass is 10.1. The Hall–Kier alpha value is -0.540. The van der Waals surface area contributed by atoms with E-state index in [1.54, 1.807) is 11.3 Å². The maximum Gasteiger partial charge on any atom is 0.127 e. The molecular weight excluding hydrogens is 260 g/mol. The van der Waals surface area contributed by atoms with Crippen molar-refractivity contribution in [2.45, 2.75) is 18.7 Å². The van der Waals surface area contributed by atoms with Crippen LogP contribution in [0.15, 0.2) is 18.2 Å². The number of aromatic hydroxyl groups is 1. The second-order valence-corrected chi connectivity index (χ2v) is 4.91. The molecule has 1 aromatic carbocycles. The molecule has 2 aromatic rings. The van der Waals surface area contributed by atoms with Crippen LogP contribution in [0.3, 0.4) is 0 Å². The van der Waals surface area contributed by atoms with Gasteiger partial charge in [0.2, 0.25) is 0 Å². The van der Waals surface area contributed by atoms with E-state index in [9.17, 15) is 5.11 Å². The molecule has 0 radical (unpaired) electrons. The molecule has 0 fully saturated rings. The molecule has 1 heterocycles. The average molecular weight is 271 g/mol. The summed E-state index contributed by atoms with van der Waals surface area (Å²) in [4.78, 5) is 1.25. The van der Waals surface area contributed by atoms with Crippen LogP contribution in [-0.4, -0.2) is 5.11 Å². The van der Waals surface area contributed by atoms with Crippen LogP contribution in [-0.2, 0) is 11.8 Å². The molecule has 2 rings (SSSR count). The van der Waals surface area contributed by atoms with Gasteiger partial charge in [0.15, 0.2) is 0 Å². The monoisotopic (exact) mass is 270 g/mol.